The van der Waals surface area contributed by atoms with Gasteiger partial charge < -0.3 is 18.9 Å². The van der Waals surface area contributed by atoms with E-state index >= 15 is 0 Å². The van der Waals surface area contributed by atoms with E-state index in [9.17, 15) is 0 Å². The quantitative estimate of drug-likeness (QED) is 0.517. The van der Waals surface area contributed by atoms with Gasteiger partial charge in [0, 0.05) is 35.0 Å². The first kappa shape index (κ1) is 20.2. The SMILES string of the molecule is CC.COc1ccc2c3c1OC1c4c(c5ccccc5n4C)C[C@@]4(C)[C@@H](C2)N(C)CC[C@]314. The molecule has 1 aromatic heterocycles. The summed E-state index contributed by atoms with van der Waals surface area (Å²) in [6, 6.07) is 13.8. The monoisotopic (exact) mass is 430 g/mol. The number of hydrogen-bond donors (Lipinski definition) is 0. The van der Waals surface area contributed by atoms with E-state index in [0.29, 0.717) is 6.04 Å². The first-order valence-corrected chi connectivity index (χ1v) is 12.1. The number of hydrogen-bond acceptors (Lipinski definition) is 3. The average Bonchev–Trinajstić information content (AvgIpc) is 3.30. The third-order valence-electron chi connectivity index (χ3n) is 9.17. The lowest BCUT2D eigenvalue weighted by Gasteiger charge is -2.64. The van der Waals surface area contributed by atoms with Crippen molar-refractivity contribution in [2.24, 2.45) is 12.5 Å². The molecule has 2 aliphatic heterocycles. The van der Waals surface area contributed by atoms with Crippen LogP contribution in [0.15, 0.2) is 36.4 Å². The molecule has 2 aromatic carbocycles. The number of benzene rings is 2. The molecule has 1 fully saturated rings. The van der Waals surface area contributed by atoms with Gasteiger partial charge in [-0.15, -0.1) is 0 Å². The van der Waals surface area contributed by atoms with Crippen molar-refractivity contribution < 1.29 is 9.47 Å². The lowest BCUT2D eigenvalue weighted by atomic mass is 9.44. The summed E-state index contributed by atoms with van der Waals surface area (Å²) in [7, 11) is 6.31. The second-order valence-electron chi connectivity index (χ2n) is 10.1. The van der Waals surface area contributed by atoms with Crippen LogP contribution in [0.25, 0.3) is 10.9 Å². The highest BCUT2D eigenvalue weighted by molar-refractivity contribution is 5.87. The second-order valence-corrected chi connectivity index (χ2v) is 10.1. The summed E-state index contributed by atoms with van der Waals surface area (Å²) in [5.41, 5.74) is 7.24. The predicted molar refractivity (Wildman–Crippen MR) is 129 cm³/mol. The fourth-order valence-electron chi connectivity index (χ4n) is 7.84. The van der Waals surface area contributed by atoms with Crippen molar-refractivity contribution in [3.63, 3.8) is 0 Å². The number of likely N-dealkylation sites (N-methyl/N-ethyl adjacent to an activating group) is 1. The molecule has 0 amide bonds. The summed E-state index contributed by atoms with van der Waals surface area (Å²) in [6.07, 6.45) is 3.38. The van der Waals surface area contributed by atoms with Gasteiger partial charge in [-0.2, -0.15) is 0 Å². The Morgan fingerprint density at radius 1 is 1.09 bits per heavy atom. The van der Waals surface area contributed by atoms with E-state index in [1.54, 1.807) is 7.11 Å². The highest BCUT2D eigenvalue weighted by Gasteiger charge is 2.70. The van der Waals surface area contributed by atoms with E-state index in [4.69, 9.17) is 9.47 Å². The Labute approximate surface area is 191 Å². The van der Waals surface area contributed by atoms with Crippen LogP contribution < -0.4 is 9.47 Å². The van der Waals surface area contributed by atoms with E-state index < -0.39 is 0 Å². The summed E-state index contributed by atoms with van der Waals surface area (Å²) >= 11 is 0. The Bertz CT molecular complexity index is 1240. The minimum absolute atomic E-state index is 0.0107. The fraction of sp³-hybridized carbons (Fsp3) is 0.500. The fourth-order valence-corrected chi connectivity index (χ4v) is 7.84. The summed E-state index contributed by atoms with van der Waals surface area (Å²) < 4.78 is 15.2. The van der Waals surface area contributed by atoms with Gasteiger partial charge in [0.1, 0.15) is 6.10 Å². The van der Waals surface area contributed by atoms with Crippen molar-refractivity contribution in [1.82, 2.24) is 9.47 Å². The Balaban J connectivity index is 0.000000953. The smallest absolute Gasteiger partial charge is 0.166 e. The Hall–Kier alpha value is -2.46. The van der Waals surface area contributed by atoms with Gasteiger partial charge in [-0.1, -0.05) is 45.0 Å². The summed E-state index contributed by atoms with van der Waals surface area (Å²) in [5, 5.41) is 1.39. The molecule has 0 radical (unpaired) electrons. The lowest BCUT2D eigenvalue weighted by molar-refractivity contribution is -0.0912. The van der Waals surface area contributed by atoms with E-state index in [1.807, 2.05) is 13.8 Å². The van der Waals surface area contributed by atoms with Crippen LogP contribution in [-0.2, 0) is 25.3 Å². The number of likely N-dealkylation sites (tertiary alicyclic amines) is 1. The molecule has 4 nitrogen and oxygen atoms in total. The van der Waals surface area contributed by atoms with Gasteiger partial charge in [-0.05, 0) is 56.1 Å². The van der Waals surface area contributed by atoms with E-state index in [-0.39, 0.29) is 16.9 Å². The molecule has 2 bridgehead atoms. The molecule has 3 heterocycles. The molecule has 3 aromatic rings. The van der Waals surface area contributed by atoms with E-state index in [0.717, 1.165) is 37.3 Å². The Morgan fingerprint density at radius 2 is 1.88 bits per heavy atom. The van der Waals surface area contributed by atoms with Crippen LogP contribution in [-0.4, -0.2) is 36.2 Å². The van der Waals surface area contributed by atoms with E-state index in [2.05, 4.69) is 66.9 Å². The van der Waals surface area contributed by atoms with Gasteiger partial charge in [-0.3, -0.25) is 0 Å². The topological polar surface area (TPSA) is 26.6 Å². The number of piperidine rings is 1. The molecular weight excluding hydrogens is 396 g/mol. The molecule has 0 N–H and O–H groups in total. The first-order chi connectivity index (χ1) is 15.5. The largest absolute Gasteiger partial charge is 0.493 e. The Kier molecular flexibility index (Phi) is 4.12. The molecular formula is C28H34N2O2. The van der Waals surface area contributed by atoms with Crippen LogP contribution >= 0.6 is 0 Å². The average molecular weight is 431 g/mol. The van der Waals surface area contributed by atoms with Crippen molar-refractivity contribution in [2.75, 3.05) is 20.7 Å². The molecule has 1 spiro atoms. The van der Waals surface area contributed by atoms with Crippen LogP contribution in [0.5, 0.6) is 11.5 Å². The van der Waals surface area contributed by atoms with Crippen molar-refractivity contribution in [2.45, 2.75) is 57.6 Å². The number of ether oxygens (including phenoxy) is 2. The number of rotatable bonds is 1. The summed E-state index contributed by atoms with van der Waals surface area (Å²) in [4.78, 5) is 2.61. The third-order valence-corrected chi connectivity index (χ3v) is 9.17. The maximum Gasteiger partial charge on any atom is 0.166 e. The highest BCUT2D eigenvalue weighted by atomic mass is 16.5. The molecule has 1 unspecified atom stereocenters. The van der Waals surface area contributed by atoms with Crippen molar-refractivity contribution in [3.8, 4) is 11.5 Å². The zero-order chi connectivity index (χ0) is 22.4. The summed E-state index contributed by atoms with van der Waals surface area (Å²) in [5.74, 6) is 1.89. The first-order valence-electron chi connectivity index (χ1n) is 12.1. The number of aromatic nitrogens is 1. The maximum atomic E-state index is 6.97. The van der Waals surface area contributed by atoms with Gasteiger partial charge in [0.25, 0.3) is 0 Å². The van der Waals surface area contributed by atoms with Crippen LogP contribution in [0, 0.1) is 5.41 Å². The molecule has 4 atom stereocenters. The standard InChI is InChI=1S/C26H28N2O2.C2H6/c1-25-14-17-16-7-5-6-8-18(16)28(3)22(17)24-26(25)11-12-27(2)20(25)13-15-9-10-19(29-4)23(30-24)21(15)26;1-2/h5-10,20,24H,11-14H2,1-4H3;1-2H3/t20-,24?,25+,26+;/m1./s1. The van der Waals surface area contributed by atoms with Crippen molar-refractivity contribution >= 4 is 10.9 Å². The van der Waals surface area contributed by atoms with Crippen molar-refractivity contribution in [3.05, 3.63) is 58.8 Å². The predicted octanol–water partition coefficient (Wildman–Crippen LogP) is 5.41. The van der Waals surface area contributed by atoms with Crippen molar-refractivity contribution in [1.29, 1.82) is 0 Å². The number of fused-ring (bicyclic) bond motifs is 4. The minimum Gasteiger partial charge on any atom is -0.493 e. The van der Waals surface area contributed by atoms with Gasteiger partial charge >= 0.3 is 0 Å². The van der Waals surface area contributed by atoms with Gasteiger partial charge in [0.05, 0.1) is 18.2 Å². The second kappa shape index (κ2) is 6.54. The lowest BCUT2D eigenvalue weighted by Crippen LogP contribution is -2.68. The maximum absolute atomic E-state index is 6.97. The molecule has 1 saturated heterocycles. The molecule has 7 rings (SSSR count). The molecule has 2 aliphatic carbocycles. The third kappa shape index (κ3) is 2.04. The van der Waals surface area contributed by atoms with Gasteiger partial charge in [-0.25, -0.2) is 0 Å². The minimum atomic E-state index is 0.0107. The van der Waals surface area contributed by atoms with Crippen LogP contribution in [0.2, 0.25) is 0 Å². The molecule has 4 aliphatic rings. The molecule has 4 heteroatoms. The normalized spacial score (nSPS) is 31.3. The van der Waals surface area contributed by atoms with E-state index in [1.165, 1.54) is 33.3 Å². The van der Waals surface area contributed by atoms with Gasteiger partial charge in [0.2, 0.25) is 0 Å². The zero-order valence-corrected chi connectivity index (χ0v) is 20.2. The molecule has 0 saturated carbocycles. The molecule has 168 valence electrons. The van der Waals surface area contributed by atoms with Crippen LogP contribution in [0.3, 0.4) is 0 Å². The van der Waals surface area contributed by atoms with Crippen LogP contribution in [0.4, 0.5) is 0 Å². The zero-order valence-electron chi connectivity index (χ0n) is 20.2. The number of methoxy groups -OCH3 is 1. The number of para-hydroxylation sites is 1. The molecule has 32 heavy (non-hydrogen) atoms. The number of nitrogens with zero attached hydrogens (tertiary/aromatic N) is 2. The van der Waals surface area contributed by atoms with Gasteiger partial charge in [0.15, 0.2) is 11.5 Å². The van der Waals surface area contributed by atoms with Crippen LogP contribution in [0.1, 0.15) is 55.7 Å². The highest BCUT2D eigenvalue weighted by Crippen LogP contribution is 2.72. The number of aryl methyl sites for hydroxylation is 1. The summed E-state index contributed by atoms with van der Waals surface area (Å²) in [6.45, 7) is 7.67. The Morgan fingerprint density at radius 3 is 2.66 bits per heavy atom.